The van der Waals surface area contributed by atoms with E-state index >= 15 is 0 Å². The third-order valence-electron chi connectivity index (χ3n) is 3.93. The molecule has 1 unspecified atom stereocenters. The van der Waals surface area contributed by atoms with Crippen LogP contribution in [0.3, 0.4) is 0 Å². The van der Waals surface area contributed by atoms with Crippen molar-refractivity contribution >= 4 is 0 Å². The molecule has 1 aromatic rings. The second-order valence-electron chi connectivity index (χ2n) is 5.47. The Bertz CT molecular complexity index is 403. The SMILES string of the molecule is CCOC(c1noc([C@@H]2CC[C@H](N)C2)n1)C1CC1. The van der Waals surface area contributed by atoms with Gasteiger partial charge in [-0.15, -0.1) is 0 Å². The second kappa shape index (κ2) is 4.97. The van der Waals surface area contributed by atoms with Crippen molar-refractivity contribution in [2.45, 2.75) is 57.1 Å². The fraction of sp³-hybridized carbons (Fsp3) is 0.846. The quantitative estimate of drug-likeness (QED) is 0.868. The van der Waals surface area contributed by atoms with E-state index in [1.165, 1.54) is 12.8 Å². The van der Waals surface area contributed by atoms with Crippen molar-refractivity contribution in [2.75, 3.05) is 6.61 Å². The van der Waals surface area contributed by atoms with E-state index < -0.39 is 0 Å². The van der Waals surface area contributed by atoms with E-state index in [0.717, 1.165) is 31.0 Å². The molecule has 0 amide bonds. The minimum atomic E-state index is 0.0302. The summed E-state index contributed by atoms with van der Waals surface area (Å²) in [6, 6.07) is 0.288. The van der Waals surface area contributed by atoms with Gasteiger partial charge in [0.25, 0.3) is 0 Å². The minimum absolute atomic E-state index is 0.0302. The minimum Gasteiger partial charge on any atom is -0.370 e. The Morgan fingerprint density at radius 2 is 2.22 bits per heavy atom. The van der Waals surface area contributed by atoms with Crippen LogP contribution in [0.2, 0.25) is 0 Å². The second-order valence-corrected chi connectivity index (χ2v) is 5.47. The van der Waals surface area contributed by atoms with Crippen molar-refractivity contribution in [2.24, 2.45) is 11.7 Å². The predicted molar refractivity (Wildman–Crippen MR) is 66.0 cm³/mol. The van der Waals surface area contributed by atoms with E-state index in [9.17, 15) is 0 Å². The highest BCUT2D eigenvalue weighted by atomic mass is 16.5. The molecule has 0 bridgehead atoms. The van der Waals surface area contributed by atoms with Crippen molar-refractivity contribution in [1.29, 1.82) is 0 Å². The Morgan fingerprint density at radius 1 is 1.39 bits per heavy atom. The van der Waals surface area contributed by atoms with Gasteiger partial charge in [-0.1, -0.05) is 5.16 Å². The number of nitrogens with two attached hydrogens (primary N) is 1. The number of hydrogen-bond acceptors (Lipinski definition) is 5. The summed E-state index contributed by atoms with van der Waals surface area (Å²) in [5, 5.41) is 4.11. The molecule has 2 aliphatic rings. The maximum atomic E-state index is 5.92. The van der Waals surface area contributed by atoms with Crippen LogP contribution < -0.4 is 5.73 Å². The smallest absolute Gasteiger partial charge is 0.229 e. The fourth-order valence-electron chi connectivity index (χ4n) is 2.77. The number of ether oxygens (including phenoxy) is 1. The normalized spacial score (nSPS) is 29.7. The molecule has 0 saturated heterocycles. The number of nitrogens with zero attached hydrogens (tertiary/aromatic N) is 2. The van der Waals surface area contributed by atoms with Crippen molar-refractivity contribution in [3.63, 3.8) is 0 Å². The summed E-state index contributed by atoms with van der Waals surface area (Å²) >= 11 is 0. The Hall–Kier alpha value is -0.940. The van der Waals surface area contributed by atoms with E-state index in [1.54, 1.807) is 0 Å². The average molecular weight is 251 g/mol. The molecular weight excluding hydrogens is 230 g/mol. The molecule has 2 fully saturated rings. The van der Waals surface area contributed by atoms with Crippen LogP contribution in [-0.4, -0.2) is 22.8 Å². The van der Waals surface area contributed by atoms with Crippen LogP contribution in [0.4, 0.5) is 0 Å². The highest BCUT2D eigenvalue weighted by molar-refractivity contribution is 5.03. The van der Waals surface area contributed by atoms with Crippen molar-refractivity contribution in [1.82, 2.24) is 10.1 Å². The number of rotatable bonds is 5. The van der Waals surface area contributed by atoms with Gasteiger partial charge >= 0.3 is 0 Å². The molecule has 2 saturated carbocycles. The van der Waals surface area contributed by atoms with Gasteiger partial charge in [0.2, 0.25) is 11.7 Å². The highest BCUT2D eigenvalue weighted by Gasteiger charge is 2.37. The fourth-order valence-corrected chi connectivity index (χ4v) is 2.77. The van der Waals surface area contributed by atoms with Gasteiger partial charge in [-0.3, -0.25) is 0 Å². The molecule has 0 radical (unpaired) electrons. The lowest BCUT2D eigenvalue weighted by Gasteiger charge is -2.11. The molecule has 3 atom stereocenters. The molecule has 0 aliphatic heterocycles. The first-order valence-electron chi connectivity index (χ1n) is 6.98. The zero-order chi connectivity index (χ0) is 12.5. The number of hydrogen-bond donors (Lipinski definition) is 1. The monoisotopic (exact) mass is 251 g/mol. The zero-order valence-electron chi connectivity index (χ0n) is 10.8. The maximum absolute atomic E-state index is 5.92. The van der Waals surface area contributed by atoms with E-state index in [-0.39, 0.29) is 12.1 Å². The van der Waals surface area contributed by atoms with Gasteiger partial charge in [0.05, 0.1) is 0 Å². The first-order chi connectivity index (χ1) is 8.78. The Labute approximate surface area is 107 Å². The maximum Gasteiger partial charge on any atom is 0.229 e. The number of aromatic nitrogens is 2. The molecule has 5 nitrogen and oxygen atoms in total. The third kappa shape index (κ3) is 2.42. The van der Waals surface area contributed by atoms with Crippen LogP contribution in [0.5, 0.6) is 0 Å². The summed E-state index contributed by atoms with van der Waals surface area (Å²) < 4.78 is 11.1. The summed E-state index contributed by atoms with van der Waals surface area (Å²) in [4.78, 5) is 4.55. The lowest BCUT2D eigenvalue weighted by Crippen LogP contribution is -2.14. The van der Waals surface area contributed by atoms with Gasteiger partial charge in [0.15, 0.2) is 0 Å². The van der Waals surface area contributed by atoms with Crippen molar-refractivity contribution in [3.8, 4) is 0 Å². The van der Waals surface area contributed by atoms with Gasteiger partial charge in [-0.25, -0.2) is 0 Å². The molecule has 2 N–H and O–H groups in total. The molecule has 0 aromatic carbocycles. The van der Waals surface area contributed by atoms with E-state index in [0.29, 0.717) is 18.4 Å². The molecule has 1 aromatic heterocycles. The van der Waals surface area contributed by atoms with Gasteiger partial charge < -0.3 is 15.0 Å². The van der Waals surface area contributed by atoms with Crippen LogP contribution in [0.25, 0.3) is 0 Å². The first-order valence-corrected chi connectivity index (χ1v) is 6.98. The lowest BCUT2D eigenvalue weighted by atomic mass is 10.1. The Balaban J connectivity index is 1.71. The Kier molecular flexibility index (Phi) is 3.35. The van der Waals surface area contributed by atoms with Crippen molar-refractivity contribution < 1.29 is 9.26 Å². The average Bonchev–Trinajstić information content (AvgIpc) is 2.91. The van der Waals surface area contributed by atoms with Gasteiger partial charge in [-0.2, -0.15) is 4.98 Å². The van der Waals surface area contributed by atoms with E-state index in [4.69, 9.17) is 15.0 Å². The molecular formula is C13H21N3O2. The summed E-state index contributed by atoms with van der Waals surface area (Å²) in [5.41, 5.74) is 5.92. The van der Waals surface area contributed by atoms with E-state index in [1.807, 2.05) is 6.92 Å². The Morgan fingerprint density at radius 3 is 2.83 bits per heavy atom. The summed E-state index contributed by atoms with van der Waals surface area (Å²) in [5.74, 6) is 2.42. The van der Waals surface area contributed by atoms with Crippen LogP contribution in [0, 0.1) is 5.92 Å². The zero-order valence-corrected chi connectivity index (χ0v) is 10.8. The van der Waals surface area contributed by atoms with Gasteiger partial charge in [0, 0.05) is 18.6 Å². The molecule has 5 heteroatoms. The molecule has 0 spiro atoms. The lowest BCUT2D eigenvalue weighted by molar-refractivity contribution is 0.0384. The molecule has 100 valence electrons. The summed E-state index contributed by atoms with van der Waals surface area (Å²) in [6.07, 6.45) is 5.53. The standard InChI is InChI=1S/C13H21N3O2/c1-2-17-11(8-3-4-8)12-15-13(18-16-12)9-5-6-10(14)7-9/h8-11H,2-7,14H2,1H3/t9-,10+,11?/m1/s1. The summed E-state index contributed by atoms with van der Waals surface area (Å²) in [6.45, 7) is 2.70. The molecule has 1 heterocycles. The van der Waals surface area contributed by atoms with Crippen LogP contribution in [0.15, 0.2) is 4.52 Å². The molecule has 18 heavy (non-hydrogen) atoms. The van der Waals surface area contributed by atoms with Crippen LogP contribution in [0.1, 0.15) is 62.8 Å². The van der Waals surface area contributed by atoms with Crippen LogP contribution >= 0.6 is 0 Å². The van der Waals surface area contributed by atoms with E-state index in [2.05, 4.69) is 10.1 Å². The predicted octanol–water partition coefficient (Wildman–Crippen LogP) is 2.15. The third-order valence-corrected chi connectivity index (χ3v) is 3.93. The van der Waals surface area contributed by atoms with Gasteiger partial charge in [-0.05, 0) is 44.9 Å². The molecule has 2 aliphatic carbocycles. The first kappa shape index (κ1) is 12.1. The largest absolute Gasteiger partial charge is 0.370 e. The topological polar surface area (TPSA) is 74.2 Å². The summed E-state index contributed by atoms with van der Waals surface area (Å²) in [7, 11) is 0. The van der Waals surface area contributed by atoms with Crippen molar-refractivity contribution in [3.05, 3.63) is 11.7 Å². The molecule has 3 rings (SSSR count). The highest BCUT2D eigenvalue weighted by Crippen LogP contribution is 2.43. The van der Waals surface area contributed by atoms with Crippen LogP contribution in [-0.2, 0) is 4.74 Å². The van der Waals surface area contributed by atoms with Gasteiger partial charge in [0.1, 0.15) is 6.10 Å².